The highest BCUT2D eigenvalue weighted by Crippen LogP contribution is 2.28. The number of amides is 3. The zero-order valence-electron chi connectivity index (χ0n) is 12.1. The highest BCUT2D eigenvalue weighted by atomic mass is 16.2. The van der Waals surface area contributed by atoms with Gasteiger partial charge < -0.3 is 4.90 Å². The Labute approximate surface area is 128 Å². The van der Waals surface area contributed by atoms with Gasteiger partial charge in [0, 0.05) is 26.2 Å². The monoisotopic (exact) mass is 296 g/mol. The molecule has 0 saturated carbocycles. The Hall–Kier alpha value is -2.65. The first-order valence-electron chi connectivity index (χ1n) is 7.13. The first kappa shape index (κ1) is 14.3. The fourth-order valence-electron chi connectivity index (χ4n) is 2.95. The number of hydrogen-bond acceptors (Lipinski definition) is 4. The molecule has 22 heavy (non-hydrogen) atoms. The van der Waals surface area contributed by atoms with Crippen molar-refractivity contribution >= 4 is 17.6 Å². The molecule has 1 aromatic rings. The van der Waals surface area contributed by atoms with E-state index in [-0.39, 0.29) is 11.9 Å². The molecule has 0 N–H and O–H groups in total. The summed E-state index contributed by atoms with van der Waals surface area (Å²) < 4.78 is 0. The highest BCUT2D eigenvalue weighted by molar-refractivity contribution is 6.21. The van der Waals surface area contributed by atoms with E-state index in [0.717, 1.165) is 6.54 Å². The third-order valence-electron chi connectivity index (χ3n) is 4.03. The van der Waals surface area contributed by atoms with Gasteiger partial charge in [0.2, 0.25) is 0 Å². The van der Waals surface area contributed by atoms with Crippen molar-refractivity contribution in [2.24, 2.45) is 0 Å². The van der Waals surface area contributed by atoms with Gasteiger partial charge >= 0.3 is 6.03 Å². The molecular formula is C16H16N4O2. The van der Waals surface area contributed by atoms with Crippen molar-refractivity contribution in [2.75, 3.05) is 31.1 Å². The third kappa shape index (κ3) is 2.26. The predicted molar refractivity (Wildman–Crippen MR) is 81.2 cm³/mol. The van der Waals surface area contributed by atoms with Crippen LogP contribution < -0.4 is 4.90 Å². The summed E-state index contributed by atoms with van der Waals surface area (Å²) in [5.41, 5.74) is 0.884. The molecule has 2 saturated heterocycles. The quantitative estimate of drug-likeness (QED) is 0.621. The van der Waals surface area contributed by atoms with Crippen LogP contribution in [-0.2, 0) is 4.79 Å². The maximum absolute atomic E-state index is 12.6. The van der Waals surface area contributed by atoms with Crippen LogP contribution in [0.25, 0.3) is 0 Å². The summed E-state index contributed by atoms with van der Waals surface area (Å²) in [5, 5.41) is 8.97. The standard InChI is InChI=1S/C16H16N4O2/c1-2-6-18-7-8-19-14(11-18)15(21)20(16(19)22)13-5-3-4-12(9-13)10-17/h2-5,9,14H,1,6-8,11H2. The molecule has 0 bridgehead atoms. The van der Waals surface area contributed by atoms with E-state index in [4.69, 9.17) is 5.26 Å². The molecule has 2 aliphatic heterocycles. The summed E-state index contributed by atoms with van der Waals surface area (Å²) in [4.78, 5) is 30.1. The number of nitrogens with zero attached hydrogens (tertiary/aromatic N) is 4. The minimum absolute atomic E-state index is 0.228. The molecule has 0 aromatic heterocycles. The number of piperazine rings is 1. The van der Waals surface area contributed by atoms with Crippen molar-refractivity contribution in [1.29, 1.82) is 5.26 Å². The number of urea groups is 1. The van der Waals surface area contributed by atoms with Crippen LogP contribution in [0.3, 0.4) is 0 Å². The van der Waals surface area contributed by atoms with E-state index in [2.05, 4.69) is 11.5 Å². The largest absolute Gasteiger partial charge is 0.332 e. The molecule has 0 aliphatic carbocycles. The minimum Gasteiger partial charge on any atom is -0.309 e. The van der Waals surface area contributed by atoms with Crippen molar-refractivity contribution in [3.63, 3.8) is 0 Å². The van der Waals surface area contributed by atoms with Crippen molar-refractivity contribution in [1.82, 2.24) is 9.80 Å². The first-order valence-corrected chi connectivity index (χ1v) is 7.13. The number of nitriles is 1. The lowest BCUT2D eigenvalue weighted by atomic mass is 10.1. The Morgan fingerprint density at radius 2 is 2.18 bits per heavy atom. The average molecular weight is 296 g/mol. The van der Waals surface area contributed by atoms with Crippen molar-refractivity contribution in [2.45, 2.75) is 6.04 Å². The minimum atomic E-state index is -0.452. The Balaban J connectivity index is 1.88. The van der Waals surface area contributed by atoms with Gasteiger partial charge in [0.1, 0.15) is 6.04 Å². The summed E-state index contributed by atoms with van der Waals surface area (Å²) in [7, 11) is 0. The predicted octanol–water partition coefficient (Wildman–Crippen LogP) is 1.20. The molecule has 1 unspecified atom stereocenters. The number of rotatable bonds is 3. The Morgan fingerprint density at radius 1 is 1.36 bits per heavy atom. The molecule has 6 heteroatoms. The average Bonchev–Trinajstić information content (AvgIpc) is 2.79. The van der Waals surface area contributed by atoms with Gasteiger partial charge in [-0.05, 0) is 18.2 Å². The molecule has 112 valence electrons. The third-order valence-corrected chi connectivity index (χ3v) is 4.03. The van der Waals surface area contributed by atoms with Gasteiger partial charge in [-0.15, -0.1) is 6.58 Å². The van der Waals surface area contributed by atoms with Gasteiger partial charge in [0.15, 0.2) is 0 Å². The van der Waals surface area contributed by atoms with Gasteiger partial charge in [-0.1, -0.05) is 12.1 Å². The van der Waals surface area contributed by atoms with E-state index in [9.17, 15) is 9.59 Å². The first-order chi connectivity index (χ1) is 10.7. The van der Waals surface area contributed by atoms with Gasteiger partial charge in [-0.25, -0.2) is 9.69 Å². The summed E-state index contributed by atoms with van der Waals surface area (Å²) in [6, 6.07) is 7.84. The van der Waals surface area contributed by atoms with Crippen LogP contribution in [0.5, 0.6) is 0 Å². The van der Waals surface area contributed by atoms with Gasteiger partial charge in [-0.3, -0.25) is 9.69 Å². The second kappa shape index (κ2) is 5.62. The van der Waals surface area contributed by atoms with E-state index in [1.54, 1.807) is 35.2 Å². The fraction of sp³-hybridized carbons (Fsp3) is 0.312. The van der Waals surface area contributed by atoms with Gasteiger partial charge in [0.25, 0.3) is 5.91 Å². The molecule has 3 amide bonds. The molecule has 6 nitrogen and oxygen atoms in total. The zero-order chi connectivity index (χ0) is 15.7. The van der Waals surface area contributed by atoms with Crippen LogP contribution in [-0.4, -0.2) is 54.0 Å². The lowest BCUT2D eigenvalue weighted by Gasteiger charge is -2.34. The number of benzene rings is 1. The second-order valence-electron chi connectivity index (χ2n) is 5.38. The Bertz CT molecular complexity index is 679. The lowest BCUT2D eigenvalue weighted by Crippen LogP contribution is -2.52. The zero-order valence-corrected chi connectivity index (χ0v) is 12.1. The van der Waals surface area contributed by atoms with Crippen LogP contribution in [0.2, 0.25) is 0 Å². The van der Waals surface area contributed by atoms with Crippen molar-refractivity contribution in [3.05, 3.63) is 42.5 Å². The van der Waals surface area contributed by atoms with E-state index in [1.165, 1.54) is 4.90 Å². The highest BCUT2D eigenvalue weighted by Gasteiger charge is 2.48. The Kier molecular flexibility index (Phi) is 3.65. The summed E-state index contributed by atoms with van der Waals surface area (Å²) in [6.45, 7) is 6.19. The molecule has 3 rings (SSSR count). The fourth-order valence-corrected chi connectivity index (χ4v) is 2.95. The van der Waals surface area contributed by atoms with Crippen LogP contribution in [0.4, 0.5) is 10.5 Å². The van der Waals surface area contributed by atoms with Crippen LogP contribution in [0, 0.1) is 11.3 Å². The molecule has 1 aromatic carbocycles. The molecule has 2 aliphatic rings. The molecular weight excluding hydrogens is 280 g/mol. The van der Waals surface area contributed by atoms with E-state index >= 15 is 0 Å². The topological polar surface area (TPSA) is 67.7 Å². The van der Waals surface area contributed by atoms with Crippen molar-refractivity contribution in [3.8, 4) is 6.07 Å². The maximum atomic E-state index is 12.6. The van der Waals surface area contributed by atoms with Crippen LogP contribution in [0.1, 0.15) is 5.56 Å². The van der Waals surface area contributed by atoms with E-state index < -0.39 is 6.04 Å². The molecule has 0 radical (unpaired) electrons. The molecule has 2 fully saturated rings. The van der Waals surface area contributed by atoms with Gasteiger partial charge in [-0.2, -0.15) is 5.26 Å². The number of carbonyl (C=O) groups is 2. The summed E-state index contributed by atoms with van der Waals surface area (Å²) in [6.07, 6.45) is 1.80. The smallest absolute Gasteiger partial charge is 0.309 e. The SMILES string of the molecule is C=CCN1CCN2C(=O)N(c3cccc(C#N)c3)C(=O)C2C1. The lowest BCUT2D eigenvalue weighted by molar-refractivity contribution is -0.121. The van der Waals surface area contributed by atoms with Crippen LogP contribution >= 0.6 is 0 Å². The summed E-state index contributed by atoms with van der Waals surface area (Å²) >= 11 is 0. The van der Waals surface area contributed by atoms with E-state index in [1.807, 2.05) is 6.07 Å². The summed E-state index contributed by atoms with van der Waals surface area (Å²) in [5.74, 6) is -0.228. The molecule has 0 spiro atoms. The second-order valence-corrected chi connectivity index (χ2v) is 5.38. The number of fused-ring (bicyclic) bond motifs is 1. The molecule has 1 atom stereocenters. The van der Waals surface area contributed by atoms with Crippen molar-refractivity contribution < 1.29 is 9.59 Å². The maximum Gasteiger partial charge on any atom is 0.332 e. The van der Waals surface area contributed by atoms with Gasteiger partial charge in [0.05, 0.1) is 17.3 Å². The normalized spacial score (nSPS) is 21.7. The number of imide groups is 1. The number of carbonyl (C=O) groups excluding carboxylic acids is 2. The van der Waals surface area contributed by atoms with Crippen LogP contribution in [0.15, 0.2) is 36.9 Å². The molecule has 2 heterocycles. The van der Waals surface area contributed by atoms with E-state index in [0.29, 0.717) is 30.9 Å². The Morgan fingerprint density at radius 3 is 2.91 bits per heavy atom. The number of hydrogen-bond donors (Lipinski definition) is 0. The number of anilines is 1.